The molecule has 0 atom stereocenters. The molecule has 0 bridgehead atoms. The fourth-order valence-corrected chi connectivity index (χ4v) is 2.50. The van der Waals surface area contributed by atoms with Gasteiger partial charge in [0.25, 0.3) is 5.91 Å². The van der Waals surface area contributed by atoms with Crippen LogP contribution in [-0.4, -0.2) is 18.3 Å². The van der Waals surface area contributed by atoms with Crippen molar-refractivity contribution in [3.63, 3.8) is 0 Å². The fraction of sp³-hybridized carbons (Fsp3) is 0.222. The van der Waals surface area contributed by atoms with Gasteiger partial charge in [0.05, 0.1) is 15.7 Å². The number of amides is 1. The minimum atomic E-state index is -0.377. The minimum absolute atomic E-state index is 0.0584. The van der Waals surface area contributed by atoms with Crippen LogP contribution in [0.1, 0.15) is 29.3 Å². The summed E-state index contributed by atoms with van der Waals surface area (Å²) in [7, 11) is 0. The Balaban J connectivity index is 1.97. The fourth-order valence-electron chi connectivity index (χ4n) is 2.04. The zero-order valence-electron chi connectivity index (χ0n) is 13.4. The van der Waals surface area contributed by atoms with E-state index in [0.29, 0.717) is 33.5 Å². The van der Waals surface area contributed by atoms with Crippen LogP contribution in [0.15, 0.2) is 36.4 Å². The van der Waals surface area contributed by atoms with Gasteiger partial charge in [-0.3, -0.25) is 9.59 Å². The summed E-state index contributed by atoms with van der Waals surface area (Å²) in [5, 5.41) is 3.41. The van der Waals surface area contributed by atoms with Gasteiger partial charge in [0.1, 0.15) is 5.75 Å². The maximum Gasteiger partial charge on any atom is 0.262 e. The van der Waals surface area contributed by atoms with Crippen molar-refractivity contribution < 1.29 is 14.3 Å². The largest absolute Gasteiger partial charge is 0.484 e. The van der Waals surface area contributed by atoms with Crippen LogP contribution in [0.5, 0.6) is 5.75 Å². The van der Waals surface area contributed by atoms with Crippen molar-refractivity contribution in [2.24, 2.45) is 0 Å². The van der Waals surface area contributed by atoms with E-state index in [1.807, 2.05) is 6.92 Å². The van der Waals surface area contributed by atoms with E-state index < -0.39 is 0 Å². The lowest BCUT2D eigenvalue weighted by molar-refractivity contribution is -0.118. The zero-order valence-corrected chi connectivity index (χ0v) is 14.9. The number of hydrogen-bond donors (Lipinski definition) is 1. The molecule has 0 fully saturated rings. The smallest absolute Gasteiger partial charge is 0.262 e. The van der Waals surface area contributed by atoms with E-state index in [1.165, 1.54) is 0 Å². The van der Waals surface area contributed by atoms with Crippen molar-refractivity contribution in [2.45, 2.75) is 20.3 Å². The maximum absolute atomic E-state index is 12.0. The summed E-state index contributed by atoms with van der Waals surface area (Å²) in [5.74, 6) is 0.181. The summed E-state index contributed by atoms with van der Waals surface area (Å²) >= 11 is 12.2. The van der Waals surface area contributed by atoms with Gasteiger partial charge in [0.2, 0.25) is 0 Å². The summed E-state index contributed by atoms with van der Waals surface area (Å²) < 4.78 is 5.41. The highest BCUT2D eigenvalue weighted by molar-refractivity contribution is 6.40. The van der Waals surface area contributed by atoms with E-state index in [-0.39, 0.29) is 18.3 Å². The molecule has 0 aliphatic carbocycles. The number of ketones is 1. The Morgan fingerprint density at radius 2 is 1.75 bits per heavy atom. The van der Waals surface area contributed by atoms with E-state index in [2.05, 4.69) is 5.32 Å². The van der Waals surface area contributed by atoms with E-state index >= 15 is 0 Å². The first-order valence-electron chi connectivity index (χ1n) is 7.43. The molecular formula is C18H17Cl2NO3. The van der Waals surface area contributed by atoms with Crippen LogP contribution >= 0.6 is 23.2 Å². The third-order valence-electron chi connectivity index (χ3n) is 3.42. The van der Waals surface area contributed by atoms with Crippen LogP contribution in [0.3, 0.4) is 0 Å². The maximum atomic E-state index is 12.0. The molecule has 2 aromatic rings. The standard InChI is InChI=1S/C18H17Cl2NO3/c1-3-15(22)12-5-7-13(8-6-12)24-10-16(23)21-18-14(19)9-4-11(2)17(18)20/h4-9H,3,10H2,1-2H3,(H,21,23). The van der Waals surface area contributed by atoms with Crippen molar-refractivity contribution in [3.8, 4) is 5.75 Å². The number of Topliss-reactive ketones (excluding diaryl/α,β-unsaturated/α-hetero) is 1. The van der Waals surface area contributed by atoms with Crippen molar-refractivity contribution >= 4 is 40.6 Å². The molecule has 6 heteroatoms. The number of hydrogen-bond acceptors (Lipinski definition) is 3. The van der Waals surface area contributed by atoms with Gasteiger partial charge in [0, 0.05) is 12.0 Å². The van der Waals surface area contributed by atoms with E-state index in [1.54, 1.807) is 43.3 Å². The van der Waals surface area contributed by atoms with Crippen LogP contribution in [0.2, 0.25) is 10.0 Å². The number of aryl methyl sites for hydroxylation is 1. The van der Waals surface area contributed by atoms with Crippen molar-refractivity contribution in [2.75, 3.05) is 11.9 Å². The average Bonchev–Trinajstić information content (AvgIpc) is 2.60. The lowest BCUT2D eigenvalue weighted by atomic mass is 10.1. The summed E-state index contributed by atoms with van der Waals surface area (Å²) in [5.41, 5.74) is 1.80. The topological polar surface area (TPSA) is 55.4 Å². The monoisotopic (exact) mass is 365 g/mol. The van der Waals surface area contributed by atoms with Crippen LogP contribution in [0.25, 0.3) is 0 Å². The van der Waals surface area contributed by atoms with Gasteiger partial charge >= 0.3 is 0 Å². The van der Waals surface area contributed by atoms with Gasteiger partial charge in [0.15, 0.2) is 12.4 Å². The molecule has 0 aliphatic heterocycles. The molecule has 1 amide bonds. The number of benzene rings is 2. The van der Waals surface area contributed by atoms with Crippen LogP contribution in [-0.2, 0) is 4.79 Å². The van der Waals surface area contributed by atoms with Crippen LogP contribution in [0, 0.1) is 6.92 Å². The highest BCUT2D eigenvalue weighted by Crippen LogP contribution is 2.32. The molecule has 0 unspecified atom stereocenters. The Hall–Kier alpha value is -2.04. The Bertz CT molecular complexity index is 758. The molecule has 0 aliphatic rings. The predicted molar refractivity (Wildman–Crippen MR) is 96.4 cm³/mol. The highest BCUT2D eigenvalue weighted by atomic mass is 35.5. The normalized spacial score (nSPS) is 10.3. The van der Waals surface area contributed by atoms with Gasteiger partial charge in [-0.1, -0.05) is 36.2 Å². The Labute approximate surface area is 150 Å². The predicted octanol–water partition coefficient (Wildman–Crippen LogP) is 4.91. The van der Waals surface area contributed by atoms with Crippen LogP contribution < -0.4 is 10.1 Å². The molecule has 4 nitrogen and oxygen atoms in total. The number of nitrogens with one attached hydrogen (secondary N) is 1. The average molecular weight is 366 g/mol. The van der Waals surface area contributed by atoms with E-state index in [9.17, 15) is 9.59 Å². The number of carbonyl (C=O) groups excluding carboxylic acids is 2. The van der Waals surface area contributed by atoms with Crippen LogP contribution in [0.4, 0.5) is 5.69 Å². The van der Waals surface area contributed by atoms with E-state index in [0.717, 1.165) is 5.56 Å². The molecule has 0 saturated carbocycles. The van der Waals surface area contributed by atoms with Gasteiger partial charge < -0.3 is 10.1 Å². The third kappa shape index (κ3) is 4.49. The first kappa shape index (κ1) is 18.3. The summed E-state index contributed by atoms with van der Waals surface area (Å²) in [6.07, 6.45) is 0.445. The lowest BCUT2D eigenvalue weighted by Crippen LogP contribution is -2.20. The lowest BCUT2D eigenvalue weighted by Gasteiger charge is -2.12. The number of carbonyl (C=O) groups is 2. The van der Waals surface area contributed by atoms with Crippen molar-refractivity contribution in [1.82, 2.24) is 0 Å². The van der Waals surface area contributed by atoms with Crippen molar-refractivity contribution in [1.29, 1.82) is 0 Å². The molecule has 1 N–H and O–H groups in total. The van der Waals surface area contributed by atoms with Gasteiger partial charge in [-0.2, -0.15) is 0 Å². The molecule has 2 rings (SSSR count). The molecule has 0 aromatic heterocycles. The number of rotatable bonds is 6. The molecule has 2 aromatic carbocycles. The Kier molecular flexibility index (Phi) is 6.23. The molecule has 0 heterocycles. The minimum Gasteiger partial charge on any atom is -0.484 e. The molecular weight excluding hydrogens is 349 g/mol. The number of ether oxygens (including phenoxy) is 1. The zero-order chi connectivity index (χ0) is 17.7. The first-order valence-corrected chi connectivity index (χ1v) is 8.18. The second-order valence-corrected chi connectivity index (χ2v) is 5.98. The molecule has 0 saturated heterocycles. The highest BCUT2D eigenvalue weighted by Gasteiger charge is 2.12. The third-order valence-corrected chi connectivity index (χ3v) is 4.22. The Morgan fingerprint density at radius 3 is 2.38 bits per heavy atom. The molecule has 0 radical (unpaired) electrons. The second-order valence-electron chi connectivity index (χ2n) is 5.19. The molecule has 0 spiro atoms. The van der Waals surface area contributed by atoms with Gasteiger partial charge in [-0.25, -0.2) is 0 Å². The van der Waals surface area contributed by atoms with Crippen molar-refractivity contribution in [3.05, 3.63) is 57.6 Å². The summed E-state index contributed by atoms with van der Waals surface area (Å²) in [6.45, 7) is 3.43. The summed E-state index contributed by atoms with van der Waals surface area (Å²) in [6, 6.07) is 10.1. The summed E-state index contributed by atoms with van der Waals surface area (Å²) in [4.78, 5) is 23.6. The first-order chi connectivity index (χ1) is 11.4. The van der Waals surface area contributed by atoms with E-state index in [4.69, 9.17) is 27.9 Å². The quantitative estimate of drug-likeness (QED) is 0.739. The molecule has 24 heavy (non-hydrogen) atoms. The number of halogens is 2. The van der Waals surface area contributed by atoms with Gasteiger partial charge in [-0.15, -0.1) is 0 Å². The number of anilines is 1. The SMILES string of the molecule is CCC(=O)c1ccc(OCC(=O)Nc2c(Cl)ccc(C)c2Cl)cc1. The van der Waals surface area contributed by atoms with Gasteiger partial charge in [-0.05, 0) is 42.8 Å². The molecule has 126 valence electrons. The second kappa shape index (κ2) is 8.18. The Morgan fingerprint density at radius 1 is 1.08 bits per heavy atom.